The van der Waals surface area contributed by atoms with Crippen LogP contribution in [0.5, 0.6) is 0 Å². The molecule has 0 aliphatic rings. The number of amides is 1. The van der Waals surface area contributed by atoms with Crippen molar-refractivity contribution < 1.29 is 4.79 Å². The summed E-state index contributed by atoms with van der Waals surface area (Å²) >= 11 is 5.95. The smallest absolute Gasteiger partial charge is 0.226 e. The first-order chi connectivity index (χ1) is 10.7. The van der Waals surface area contributed by atoms with Crippen molar-refractivity contribution in [1.82, 2.24) is 19.6 Å². The van der Waals surface area contributed by atoms with Gasteiger partial charge in [-0.1, -0.05) is 11.6 Å². The molecule has 1 aromatic carbocycles. The first-order valence-corrected chi connectivity index (χ1v) is 7.47. The minimum atomic E-state index is -0.0618. The van der Waals surface area contributed by atoms with Gasteiger partial charge in [-0.3, -0.25) is 14.2 Å². The van der Waals surface area contributed by atoms with E-state index in [0.29, 0.717) is 23.7 Å². The molecule has 1 N–H and O–H groups in total. The van der Waals surface area contributed by atoms with E-state index in [4.69, 9.17) is 11.6 Å². The molecule has 3 aromatic rings. The molecule has 0 unspecified atom stereocenters. The normalized spacial score (nSPS) is 11.0. The van der Waals surface area contributed by atoms with E-state index >= 15 is 0 Å². The van der Waals surface area contributed by atoms with Crippen molar-refractivity contribution in [2.45, 2.75) is 26.4 Å². The lowest BCUT2D eigenvalue weighted by Gasteiger charge is -2.04. The van der Waals surface area contributed by atoms with E-state index in [2.05, 4.69) is 15.5 Å². The third-order valence-electron chi connectivity index (χ3n) is 3.40. The fourth-order valence-electron chi connectivity index (χ4n) is 2.27. The largest absolute Gasteiger partial charge is 0.323 e. The van der Waals surface area contributed by atoms with Crippen LogP contribution in [0.2, 0.25) is 5.02 Å². The number of hydrogen-bond acceptors (Lipinski definition) is 3. The number of halogens is 1. The lowest BCUT2D eigenvalue weighted by Crippen LogP contribution is -2.14. The van der Waals surface area contributed by atoms with Crippen molar-refractivity contribution >= 4 is 34.1 Å². The highest BCUT2D eigenvalue weighted by Crippen LogP contribution is 2.19. The van der Waals surface area contributed by atoms with Crippen LogP contribution >= 0.6 is 11.6 Å². The van der Waals surface area contributed by atoms with Crippen LogP contribution in [0, 0.1) is 0 Å². The second-order valence-electron chi connectivity index (χ2n) is 4.95. The van der Waals surface area contributed by atoms with Crippen molar-refractivity contribution in [3.8, 4) is 0 Å². The van der Waals surface area contributed by atoms with Gasteiger partial charge < -0.3 is 5.32 Å². The van der Waals surface area contributed by atoms with Gasteiger partial charge in [-0.15, -0.1) is 0 Å². The van der Waals surface area contributed by atoms with E-state index < -0.39 is 0 Å². The molecule has 1 amide bonds. The minimum absolute atomic E-state index is 0.0618. The SMILES string of the molecule is CCn1cc(NC(=O)CCn2ncc3cc(Cl)ccc32)cn1. The van der Waals surface area contributed by atoms with Gasteiger partial charge in [0.1, 0.15) is 0 Å². The molecule has 0 saturated carbocycles. The van der Waals surface area contributed by atoms with Crippen molar-refractivity contribution in [2.24, 2.45) is 0 Å². The summed E-state index contributed by atoms with van der Waals surface area (Å²) < 4.78 is 3.57. The Labute approximate surface area is 132 Å². The summed E-state index contributed by atoms with van der Waals surface area (Å²) in [7, 11) is 0. The number of nitrogens with zero attached hydrogens (tertiary/aromatic N) is 4. The highest BCUT2D eigenvalue weighted by Gasteiger charge is 2.07. The fourth-order valence-corrected chi connectivity index (χ4v) is 2.45. The van der Waals surface area contributed by atoms with Crippen LogP contribution in [0.1, 0.15) is 13.3 Å². The van der Waals surface area contributed by atoms with Gasteiger partial charge in [-0.25, -0.2) is 0 Å². The maximum atomic E-state index is 12.0. The number of anilines is 1. The number of rotatable bonds is 5. The van der Waals surface area contributed by atoms with Crippen LogP contribution in [-0.2, 0) is 17.9 Å². The maximum absolute atomic E-state index is 12.0. The van der Waals surface area contributed by atoms with Crippen LogP contribution in [0.4, 0.5) is 5.69 Å². The topological polar surface area (TPSA) is 64.7 Å². The maximum Gasteiger partial charge on any atom is 0.226 e. The van der Waals surface area contributed by atoms with Gasteiger partial charge in [0, 0.05) is 29.6 Å². The predicted molar refractivity (Wildman–Crippen MR) is 85.9 cm³/mol. The molecule has 3 rings (SSSR count). The molecule has 7 heteroatoms. The van der Waals surface area contributed by atoms with E-state index in [1.807, 2.05) is 31.3 Å². The summed E-state index contributed by atoms with van der Waals surface area (Å²) in [6.07, 6.45) is 5.55. The standard InChI is InChI=1S/C15H16ClN5O/c1-2-20-10-13(9-17-20)19-15(22)5-6-21-14-4-3-12(16)7-11(14)8-18-21/h3-4,7-10H,2,5-6H2,1H3,(H,19,22). The molecule has 0 spiro atoms. The number of aromatic nitrogens is 4. The highest BCUT2D eigenvalue weighted by molar-refractivity contribution is 6.31. The zero-order chi connectivity index (χ0) is 15.5. The molecular formula is C15H16ClN5O. The summed E-state index contributed by atoms with van der Waals surface area (Å²) in [5.41, 5.74) is 1.68. The highest BCUT2D eigenvalue weighted by atomic mass is 35.5. The Morgan fingerprint density at radius 3 is 2.95 bits per heavy atom. The Kier molecular flexibility index (Phi) is 4.11. The molecule has 2 aromatic heterocycles. The first kappa shape index (κ1) is 14.6. The molecule has 2 heterocycles. The van der Waals surface area contributed by atoms with E-state index in [-0.39, 0.29) is 5.91 Å². The van der Waals surface area contributed by atoms with Gasteiger partial charge in [-0.05, 0) is 25.1 Å². The van der Waals surface area contributed by atoms with Crippen LogP contribution in [0.25, 0.3) is 10.9 Å². The zero-order valence-electron chi connectivity index (χ0n) is 12.2. The van der Waals surface area contributed by atoms with E-state index in [9.17, 15) is 4.79 Å². The molecule has 0 radical (unpaired) electrons. The number of nitrogens with one attached hydrogen (secondary N) is 1. The Morgan fingerprint density at radius 1 is 1.32 bits per heavy atom. The molecular weight excluding hydrogens is 302 g/mol. The minimum Gasteiger partial charge on any atom is -0.323 e. The van der Waals surface area contributed by atoms with Crippen molar-refractivity contribution in [3.63, 3.8) is 0 Å². The van der Waals surface area contributed by atoms with Crippen LogP contribution in [-0.4, -0.2) is 25.5 Å². The number of hydrogen-bond donors (Lipinski definition) is 1. The molecule has 0 fully saturated rings. The third kappa shape index (κ3) is 3.12. The number of carbonyl (C=O) groups is 1. The molecule has 114 valence electrons. The Hall–Kier alpha value is -2.34. The molecule has 0 aliphatic heterocycles. The van der Waals surface area contributed by atoms with E-state index in [0.717, 1.165) is 17.4 Å². The number of carbonyl (C=O) groups excluding carboxylic acids is 1. The monoisotopic (exact) mass is 317 g/mol. The molecule has 6 nitrogen and oxygen atoms in total. The summed E-state index contributed by atoms with van der Waals surface area (Å²) in [4.78, 5) is 12.0. The Balaban J connectivity index is 1.62. The van der Waals surface area contributed by atoms with Crippen LogP contribution < -0.4 is 5.32 Å². The quantitative estimate of drug-likeness (QED) is 0.787. The van der Waals surface area contributed by atoms with Crippen LogP contribution in [0.15, 0.2) is 36.8 Å². The van der Waals surface area contributed by atoms with E-state index in [1.165, 1.54) is 0 Å². The lowest BCUT2D eigenvalue weighted by molar-refractivity contribution is -0.116. The van der Waals surface area contributed by atoms with Gasteiger partial charge in [0.05, 0.1) is 30.1 Å². The number of aryl methyl sites for hydroxylation is 2. The molecule has 0 atom stereocenters. The zero-order valence-corrected chi connectivity index (χ0v) is 12.9. The van der Waals surface area contributed by atoms with Gasteiger partial charge in [0.15, 0.2) is 0 Å². The molecule has 0 saturated heterocycles. The van der Waals surface area contributed by atoms with Crippen LogP contribution in [0.3, 0.4) is 0 Å². The molecule has 22 heavy (non-hydrogen) atoms. The van der Waals surface area contributed by atoms with Gasteiger partial charge in [0.25, 0.3) is 0 Å². The fraction of sp³-hybridized carbons (Fsp3) is 0.267. The second kappa shape index (κ2) is 6.19. The Bertz CT molecular complexity index is 807. The molecule has 0 bridgehead atoms. The van der Waals surface area contributed by atoms with E-state index in [1.54, 1.807) is 21.8 Å². The summed E-state index contributed by atoms with van der Waals surface area (Å²) in [6, 6.07) is 5.59. The first-order valence-electron chi connectivity index (χ1n) is 7.09. The van der Waals surface area contributed by atoms with Gasteiger partial charge in [0.2, 0.25) is 5.91 Å². The average Bonchev–Trinajstić information content (AvgIpc) is 3.11. The molecule has 0 aliphatic carbocycles. The lowest BCUT2D eigenvalue weighted by atomic mass is 10.2. The van der Waals surface area contributed by atoms with Gasteiger partial charge >= 0.3 is 0 Å². The Morgan fingerprint density at radius 2 is 2.18 bits per heavy atom. The predicted octanol–water partition coefficient (Wildman–Crippen LogP) is 2.93. The third-order valence-corrected chi connectivity index (χ3v) is 3.63. The number of benzene rings is 1. The average molecular weight is 318 g/mol. The van der Waals surface area contributed by atoms with Crippen molar-refractivity contribution in [2.75, 3.05) is 5.32 Å². The van der Waals surface area contributed by atoms with Crippen molar-refractivity contribution in [3.05, 3.63) is 41.8 Å². The summed E-state index contributed by atoms with van der Waals surface area (Å²) in [5, 5.41) is 12.9. The summed E-state index contributed by atoms with van der Waals surface area (Å²) in [6.45, 7) is 3.28. The second-order valence-corrected chi connectivity index (χ2v) is 5.39. The summed E-state index contributed by atoms with van der Waals surface area (Å²) in [5.74, 6) is -0.0618. The van der Waals surface area contributed by atoms with Gasteiger partial charge in [-0.2, -0.15) is 10.2 Å². The number of fused-ring (bicyclic) bond motifs is 1. The van der Waals surface area contributed by atoms with Crippen molar-refractivity contribution in [1.29, 1.82) is 0 Å².